The molecule has 0 aromatic carbocycles. The lowest BCUT2D eigenvalue weighted by Gasteiger charge is -1.75. The fourth-order valence-corrected chi connectivity index (χ4v) is 0.964. The number of aromatic nitrogens is 1. The Morgan fingerprint density at radius 1 is 1.71 bits per heavy atom. The molecule has 0 fully saturated rings. The molecule has 1 heterocycles. The van der Waals surface area contributed by atoms with Gasteiger partial charge < -0.3 is 0 Å². The van der Waals surface area contributed by atoms with E-state index >= 15 is 0 Å². The smallest absolute Gasteiger partial charge is 0.0592 e. The summed E-state index contributed by atoms with van der Waals surface area (Å²) >= 11 is 8.67. The second-order valence-corrected chi connectivity index (χ2v) is 2.43. The molecule has 1 rings (SSSR count). The first-order valence-electron chi connectivity index (χ1n) is 1.79. The lowest BCUT2D eigenvalue weighted by molar-refractivity contribution is 1.33. The number of hydrogen-bond donors (Lipinski definition) is 0. The highest BCUT2D eigenvalue weighted by molar-refractivity contribution is 9.08. The van der Waals surface area contributed by atoms with E-state index in [1.54, 1.807) is 15.9 Å². The molecule has 0 saturated heterocycles. The van der Waals surface area contributed by atoms with Crippen molar-refractivity contribution in [2.75, 3.05) is 0 Å². The number of hydrogen-bond acceptors (Lipinski definition) is 0. The monoisotopic (exact) mass is 179 g/mol. The van der Waals surface area contributed by atoms with Crippen LogP contribution in [-0.4, -0.2) is 3.59 Å². The highest BCUT2D eigenvalue weighted by Gasteiger charge is 1.84. The van der Waals surface area contributed by atoms with Crippen molar-refractivity contribution in [1.29, 1.82) is 0 Å². The van der Waals surface area contributed by atoms with Crippen molar-refractivity contribution in [3.05, 3.63) is 23.5 Å². The number of halogens is 2. The van der Waals surface area contributed by atoms with E-state index in [0.717, 1.165) is 5.02 Å². The van der Waals surface area contributed by atoms with Gasteiger partial charge in [0.15, 0.2) is 0 Å². The average Bonchev–Trinajstić information content (AvgIpc) is 1.87. The van der Waals surface area contributed by atoms with Gasteiger partial charge in [0.2, 0.25) is 0 Å². The van der Waals surface area contributed by atoms with Gasteiger partial charge >= 0.3 is 0 Å². The van der Waals surface area contributed by atoms with Crippen molar-refractivity contribution in [2.45, 2.75) is 0 Å². The first-order valence-corrected chi connectivity index (χ1v) is 2.87. The first-order chi connectivity index (χ1) is 3.29. The fourth-order valence-electron chi connectivity index (χ4n) is 0.346. The molecule has 0 aliphatic carbocycles. The Morgan fingerprint density at radius 3 is 2.57 bits per heavy atom. The molecule has 0 unspecified atom stereocenters. The summed E-state index contributed by atoms with van der Waals surface area (Å²) in [5.74, 6) is 0. The third-order valence-electron chi connectivity index (χ3n) is 0.623. The number of nitrogens with zero attached hydrogens (tertiary/aromatic N) is 1. The summed E-state index contributed by atoms with van der Waals surface area (Å²) in [6.45, 7) is 0. The van der Waals surface area contributed by atoms with Crippen LogP contribution in [0.25, 0.3) is 0 Å². The minimum absolute atomic E-state index is 0.747. The Balaban J connectivity index is 3.04. The van der Waals surface area contributed by atoms with Crippen LogP contribution < -0.4 is 0 Å². The zero-order chi connectivity index (χ0) is 5.28. The van der Waals surface area contributed by atoms with Crippen LogP contribution in [0.1, 0.15) is 0 Å². The first kappa shape index (κ1) is 5.19. The maximum absolute atomic E-state index is 5.51. The van der Waals surface area contributed by atoms with Crippen molar-refractivity contribution in [1.82, 2.24) is 3.59 Å². The summed E-state index contributed by atoms with van der Waals surface area (Å²) in [6.07, 6.45) is 3.59. The van der Waals surface area contributed by atoms with Gasteiger partial charge in [0.05, 0.1) is 21.2 Å². The molecule has 7 heavy (non-hydrogen) atoms. The molecule has 1 aromatic rings. The van der Waals surface area contributed by atoms with Gasteiger partial charge in [-0.25, -0.2) is 0 Å². The van der Waals surface area contributed by atoms with Gasteiger partial charge in [-0.15, -0.1) is 0 Å². The summed E-state index contributed by atoms with van der Waals surface area (Å²) in [7, 11) is 0. The van der Waals surface area contributed by atoms with Gasteiger partial charge in [-0.05, 0) is 6.07 Å². The van der Waals surface area contributed by atoms with Crippen LogP contribution in [0.2, 0.25) is 5.02 Å². The lowest BCUT2D eigenvalue weighted by atomic mass is 10.7. The predicted octanol–water partition coefficient (Wildman–Crippen LogP) is 2.30. The Kier molecular flexibility index (Phi) is 1.40. The second kappa shape index (κ2) is 1.88. The van der Waals surface area contributed by atoms with E-state index in [9.17, 15) is 0 Å². The third kappa shape index (κ3) is 1.21. The van der Waals surface area contributed by atoms with Crippen LogP contribution in [-0.2, 0) is 0 Å². The van der Waals surface area contributed by atoms with Gasteiger partial charge in [-0.1, -0.05) is 11.6 Å². The SMILES string of the molecule is Clc1ccn(Br)c1. The van der Waals surface area contributed by atoms with Crippen LogP contribution in [0.15, 0.2) is 18.5 Å². The molecule has 0 bridgehead atoms. The fraction of sp³-hybridized carbons (Fsp3) is 0. The Labute approximate surface area is 55.2 Å². The highest BCUT2D eigenvalue weighted by Crippen LogP contribution is 2.08. The lowest BCUT2D eigenvalue weighted by Crippen LogP contribution is -1.62. The molecule has 1 aromatic heterocycles. The van der Waals surface area contributed by atoms with Gasteiger partial charge in [0.25, 0.3) is 0 Å². The molecule has 0 saturated carbocycles. The van der Waals surface area contributed by atoms with E-state index in [0.29, 0.717) is 0 Å². The zero-order valence-electron chi connectivity index (χ0n) is 3.44. The second-order valence-electron chi connectivity index (χ2n) is 1.17. The van der Waals surface area contributed by atoms with Crippen LogP contribution in [0, 0.1) is 0 Å². The molecular weight excluding hydrogens is 177 g/mol. The summed E-state index contributed by atoms with van der Waals surface area (Å²) in [4.78, 5) is 0. The summed E-state index contributed by atoms with van der Waals surface area (Å²) in [5.41, 5.74) is 0. The van der Waals surface area contributed by atoms with Gasteiger partial charge in [0.1, 0.15) is 0 Å². The Morgan fingerprint density at radius 2 is 2.43 bits per heavy atom. The maximum atomic E-state index is 5.51. The van der Waals surface area contributed by atoms with Gasteiger partial charge in [0, 0.05) is 12.4 Å². The van der Waals surface area contributed by atoms with E-state index in [-0.39, 0.29) is 0 Å². The summed E-state index contributed by atoms with van der Waals surface area (Å²) < 4.78 is 1.72. The van der Waals surface area contributed by atoms with Gasteiger partial charge in [-0.3, -0.25) is 3.59 Å². The van der Waals surface area contributed by atoms with E-state index in [2.05, 4.69) is 16.1 Å². The topological polar surface area (TPSA) is 4.93 Å². The van der Waals surface area contributed by atoms with Crippen molar-refractivity contribution in [3.8, 4) is 0 Å². The summed E-state index contributed by atoms with van der Waals surface area (Å²) in [5, 5.41) is 0.747. The molecule has 0 atom stereocenters. The molecule has 3 heteroatoms. The molecule has 0 spiro atoms. The highest BCUT2D eigenvalue weighted by atomic mass is 79.9. The third-order valence-corrected chi connectivity index (χ3v) is 1.29. The largest absolute Gasteiger partial charge is 0.290 e. The van der Waals surface area contributed by atoms with Crippen molar-refractivity contribution < 1.29 is 0 Å². The maximum Gasteiger partial charge on any atom is 0.0592 e. The van der Waals surface area contributed by atoms with Crippen LogP contribution in [0.3, 0.4) is 0 Å². The van der Waals surface area contributed by atoms with Crippen molar-refractivity contribution >= 4 is 27.7 Å². The predicted molar refractivity (Wildman–Crippen MR) is 33.8 cm³/mol. The molecule has 0 amide bonds. The molecular formula is C4H3BrClN. The van der Waals surface area contributed by atoms with E-state index in [1.807, 2.05) is 6.20 Å². The molecule has 0 radical (unpaired) electrons. The average molecular weight is 180 g/mol. The molecule has 0 aliphatic heterocycles. The Bertz CT molecular complexity index is 144. The van der Waals surface area contributed by atoms with Crippen molar-refractivity contribution in [2.24, 2.45) is 0 Å². The molecule has 0 N–H and O–H groups in total. The van der Waals surface area contributed by atoms with E-state index in [4.69, 9.17) is 11.6 Å². The normalized spacial score (nSPS) is 9.43. The molecule has 1 nitrogen and oxygen atoms in total. The van der Waals surface area contributed by atoms with Crippen LogP contribution in [0.4, 0.5) is 0 Å². The van der Waals surface area contributed by atoms with Crippen LogP contribution in [0.5, 0.6) is 0 Å². The Hall–Kier alpha value is 0.0500. The zero-order valence-corrected chi connectivity index (χ0v) is 5.78. The minimum Gasteiger partial charge on any atom is -0.290 e. The minimum atomic E-state index is 0.747. The molecule has 38 valence electrons. The van der Waals surface area contributed by atoms with E-state index < -0.39 is 0 Å². The molecule has 0 aliphatic rings. The van der Waals surface area contributed by atoms with Gasteiger partial charge in [-0.2, -0.15) is 0 Å². The van der Waals surface area contributed by atoms with E-state index in [1.165, 1.54) is 0 Å². The van der Waals surface area contributed by atoms with Crippen molar-refractivity contribution in [3.63, 3.8) is 0 Å². The standard InChI is InChI=1S/C4H3BrClN/c5-7-2-1-4(6)3-7/h1-3H. The summed E-state index contributed by atoms with van der Waals surface area (Å²) in [6, 6.07) is 1.80. The van der Waals surface area contributed by atoms with Crippen LogP contribution >= 0.6 is 27.7 Å². The quantitative estimate of drug-likeness (QED) is 0.577. The number of rotatable bonds is 0.